The number of unbranched alkanes of at least 4 members (excludes halogenated alkanes) is 1. The van der Waals surface area contributed by atoms with Gasteiger partial charge in [0.25, 0.3) is 0 Å². The molecule has 1 rings (SSSR count). The monoisotopic (exact) mass is 243 g/mol. The number of rotatable bonds is 5. The van der Waals surface area contributed by atoms with Gasteiger partial charge in [0, 0.05) is 5.33 Å². The molecule has 3 heteroatoms. The molecule has 0 atom stereocenters. The molecule has 1 radical (unpaired) electrons. The maximum absolute atomic E-state index is 9.07. The van der Waals surface area contributed by atoms with E-state index in [-0.39, 0.29) is 5.75 Å². The molecule has 0 fully saturated rings. The molecule has 0 aliphatic heterocycles. The Bertz CT molecular complexity index is 250. The predicted molar refractivity (Wildman–Crippen MR) is 55.5 cm³/mol. The van der Waals surface area contributed by atoms with E-state index >= 15 is 0 Å². The van der Waals surface area contributed by atoms with E-state index in [1.54, 1.807) is 18.2 Å². The highest BCUT2D eigenvalue weighted by atomic mass is 79.9. The van der Waals surface area contributed by atoms with Crippen molar-refractivity contribution in [3.05, 3.63) is 24.3 Å². The Hall–Kier alpha value is -0.700. The number of halogens is 1. The summed E-state index contributed by atoms with van der Waals surface area (Å²) in [5.41, 5.74) is 0. The predicted octanol–water partition coefficient (Wildman–Crippen LogP) is 2.75. The largest absolute Gasteiger partial charge is 0.507 e. The van der Waals surface area contributed by atoms with Crippen molar-refractivity contribution in [3.63, 3.8) is 0 Å². The van der Waals surface area contributed by atoms with Crippen molar-refractivity contribution in [2.24, 2.45) is 0 Å². The molecule has 0 unspecified atom stereocenters. The lowest BCUT2D eigenvalue weighted by molar-refractivity contribution is 0.307. The molecule has 1 N–H and O–H groups in total. The second-order valence-corrected chi connectivity index (χ2v) is 3.44. The highest BCUT2D eigenvalue weighted by molar-refractivity contribution is 9.09. The third-order valence-electron chi connectivity index (χ3n) is 1.54. The van der Waals surface area contributed by atoms with Crippen LogP contribution in [0.4, 0.5) is 0 Å². The normalized spacial score (nSPS) is 9.92. The minimum absolute atomic E-state index is 0.123. The maximum Gasteiger partial charge on any atom is 0.131 e. The Morgan fingerprint density at radius 2 is 2.23 bits per heavy atom. The summed E-state index contributed by atoms with van der Waals surface area (Å²) in [6.45, 7) is 0.672. The fourth-order valence-corrected chi connectivity index (χ4v) is 1.30. The molecule has 0 saturated heterocycles. The average Bonchev–Trinajstić information content (AvgIpc) is 2.13. The Balaban J connectivity index is 2.28. The molecule has 2 nitrogen and oxygen atoms in total. The summed E-state index contributed by atoms with van der Waals surface area (Å²) in [7, 11) is 0. The molecule has 0 aliphatic rings. The summed E-state index contributed by atoms with van der Waals surface area (Å²) < 4.78 is 5.35. The van der Waals surface area contributed by atoms with Crippen LogP contribution in [0.15, 0.2) is 18.2 Å². The summed E-state index contributed by atoms with van der Waals surface area (Å²) in [4.78, 5) is 0. The van der Waals surface area contributed by atoms with Gasteiger partial charge < -0.3 is 9.84 Å². The number of benzene rings is 1. The molecule has 0 spiro atoms. The van der Waals surface area contributed by atoms with Gasteiger partial charge in [0.05, 0.1) is 12.7 Å². The zero-order valence-electron chi connectivity index (χ0n) is 7.29. The summed E-state index contributed by atoms with van der Waals surface area (Å²) in [5.74, 6) is 0.729. The van der Waals surface area contributed by atoms with Crippen molar-refractivity contribution in [1.82, 2.24) is 0 Å². The van der Waals surface area contributed by atoms with Crippen LogP contribution in [0.3, 0.4) is 0 Å². The van der Waals surface area contributed by atoms with E-state index < -0.39 is 0 Å². The highest BCUT2D eigenvalue weighted by Crippen LogP contribution is 2.16. The third-order valence-corrected chi connectivity index (χ3v) is 2.10. The van der Waals surface area contributed by atoms with E-state index in [9.17, 15) is 0 Å². The fraction of sp³-hybridized carbons (Fsp3) is 0.400. The number of phenols is 1. The topological polar surface area (TPSA) is 29.5 Å². The molecular formula is C10H12BrO2. The minimum Gasteiger partial charge on any atom is -0.507 e. The first-order valence-corrected chi connectivity index (χ1v) is 5.35. The quantitative estimate of drug-likeness (QED) is 0.637. The summed E-state index contributed by atoms with van der Waals surface area (Å²) in [6.07, 6.45) is 2.10. The van der Waals surface area contributed by atoms with E-state index in [1.165, 1.54) is 0 Å². The van der Waals surface area contributed by atoms with Crippen LogP contribution in [0, 0.1) is 6.07 Å². The summed E-state index contributed by atoms with van der Waals surface area (Å²) in [6, 6.07) is 7.81. The van der Waals surface area contributed by atoms with Gasteiger partial charge in [-0.15, -0.1) is 0 Å². The number of alkyl halides is 1. The van der Waals surface area contributed by atoms with Crippen LogP contribution >= 0.6 is 15.9 Å². The van der Waals surface area contributed by atoms with Crippen molar-refractivity contribution < 1.29 is 9.84 Å². The Labute approximate surface area is 86.7 Å². The van der Waals surface area contributed by atoms with Crippen LogP contribution in [0.1, 0.15) is 12.8 Å². The van der Waals surface area contributed by atoms with Gasteiger partial charge in [0.1, 0.15) is 11.5 Å². The van der Waals surface area contributed by atoms with E-state index in [1.807, 2.05) is 0 Å². The number of aromatic hydroxyl groups is 1. The van der Waals surface area contributed by atoms with Crippen molar-refractivity contribution >= 4 is 15.9 Å². The molecule has 1 aromatic rings. The van der Waals surface area contributed by atoms with Gasteiger partial charge in [-0.25, -0.2) is 0 Å². The van der Waals surface area contributed by atoms with E-state index in [0.717, 1.165) is 18.2 Å². The Kier molecular flexibility index (Phi) is 4.68. The molecule has 71 valence electrons. The van der Waals surface area contributed by atoms with Gasteiger partial charge in [0.15, 0.2) is 0 Å². The number of phenolic OH excluding ortho intramolecular Hbond substituents is 1. The van der Waals surface area contributed by atoms with Gasteiger partial charge in [-0.05, 0) is 25.0 Å². The lowest BCUT2D eigenvalue weighted by atomic mass is 10.3. The second kappa shape index (κ2) is 5.86. The molecule has 0 aliphatic carbocycles. The van der Waals surface area contributed by atoms with Gasteiger partial charge in [0.2, 0.25) is 0 Å². The molecule has 0 saturated carbocycles. The van der Waals surface area contributed by atoms with Crippen molar-refractivity contribution in [2.75, 3.05) is 11.9 Å². The van der Waals surface area contributed by atoms with E-state index in [0.29, 0.717) is 12.4 Å². The first-order chi connectivity index (χ1) is 6.33. The number of hydrogen-bond donors (Lipinski definition) is 1. The number of ether oxygens (including phenoxy) is 1. The van der Waals surface area contributed by atoms with E-state index in [4.69, 9.17) is 9.84 Å². The van der Waals surface area contributed by atoms with Crippen LogP contribution in [-0.4, -0.2) is 17.0 Å². The van der Waals surface area contributed by atoms with Crippen molar-refractivity contribution in [2.45, 2.75) is 12.8 Å². The second-order valence-electron chi connectivity index (χ2n) is 2.64. The lowest BCUT2D eigenvalue weighted by Gasteiger charge is -2.04. The summed E-state index contributed by atoms with van der Waals surface area (Å²) in [5, 5.41) is 10.1. The van der Waals surface area contributed by atoms with Crippen LogP contribution in [0.2, 0.25) is 0 Å². The average molecular weight is 244 g/mol. The fourth-order valence-electron chi connectivity index (χ4n) is 0.899. The molecule has 1 aromatic carbocycles. The van der Waals surface area contributed by atoms with Crippen molar-refractivity contribution in [1.29, 1.82) is 0 Å². The van der Waals surface area contributed by atoms with E-state index in [2.05, 4.69) is 22.0 Å². The molecule has 13 heavy (non-hydrogen) atoms. The van der Waals surface area contributed by atoms with Gasteiger partial charge in [-0.2, -0.15) is 0 Å². The zero-order chi connectivity index (χ0) is 9.52. The SMILES string of the molecule is Oc1[c]c(OCCCCBr)ccc1. The van der Waals surface area contributed by atoms with Crippen LogP contribution in [-0.2, 0) is 0 Å². The van der Waals surface area contributed by atoms with Crippen LogP contribution in [0.5, 0.6) is 11.5 Å². The van der Waals surface area contributed by atoms with Gasteiger partial charge in [-0.1, -0.05) is 22.0 Å². The maximum atomic E-state index is 9.07. The third kappa shape index (κ3) is 4.18. The summed E-state index contributed by atoms with van der Waals surface area (Å²) >= 11 is 3.34. The van der Waals surface area contributed by atoms with Gasteiger partial charge >= 0.3 is 0 Å². The molecule has 0 aromatic heterocycles. The van der Waals surface area contributed by atoms with Gasteiger partial charge in [-0.3, -0.25) is 0 Å². The molecule has 0 amide bonds. The first-order valence-electron chi connectivity index (χ1n) is 4.23. The molecule has 0 bridgehead atoms. The Morgan fingerprint density at radius 1 is 1.38 bits per heavy atom. The van der Waals surface area contributed by atoms with Crippen molar-refractivity contribution in [3.8, 4) is 11.5 Å². The first kappa shape index (κ1) is 10.4. The highest BCUT2D eigenvalue weighted by Gasteiger charge is 1.95. The van der Waals surface area contributed by atoms with Crippen LogP contribution < -0.4 is 4.74 Å². The lowest BCUT2D eigenvalue weighted by Crippen LogP contribution is -1.97. The Morgan fingerprint density at radius 3 is 2.92 bits per heavy atom. The standard InChI is InChI=1S/C10H12BrO2/c11-6-1-2-7-13-10-5-3-4-9(12)8-10/h3-5,12H,1-2,6-7H2. The van der Waals surface area contributed by atoms with Crippen LogP contribution in [0.25, 0.3) is 0 Å². The zero-order valence-corrected chi connectivity index (χ0v) is 8.88. The number of hydrogen-bond acceptors (Lipinski definition) is 2. The molecule has 0 heterocycles. The molecular weight excluding hydrogens is 232 g/mol. The smallest absolute Gasteiger partial charge is 0.131 e. The minimum atomic E-state index is 0.123.